The minimum absolute atomic E-state index is 0.140. The summed E-state index contributed by atoms with van der Waals surface area (Å²) in [7, 11) is 1.36. The molecule has 1 unspecified atom stereocenters. The molecule has 10 heteroatoms. The zero-order valence-electron chi connectivity index (χ0n) is 19.4. The summed E-state index contributed by atoms with van der Waals surface area (Å²) in [6.07, 6.45) is 1.21. The van der Waals surface area contributed by atoms with E-state index in [1.807, 2.05) is 56.1 Å². The molecule has 174 valence electrons. The van der Waals surface area contributed by atoms with Gasteiger partial charge in [0, 0.05) is 0 Å². The van der Waals surface area contributed by atoms with Crippen LogP contribution in [0.15, 0.2) is 34.6 Å². The number of hydrogen-bond acceptors (Lipinski definition) is 8. The molecule has 0 bridgehead atoms. The minimum atomic E-state index is -1.05. The number of nitrogens with one attached hydrogen (secondary N) is 2. The van der Waals surface area contributed by atoms with Crippen molar-refractivity contribution in [2.24, 2.45) is 0 Å². The molecule has 0 aliphatic carbocycles. The SMILES string of the molecule is COC(=O)C1=[CH][Sn][c]2ncc(NC(C)c3ccccc3OCCNC(=O)OC(C)(C)C)nc21. The van der Waals surface area contributed by atoms with E-state index in [1.54, 1.807) is 6.20 Å². The van der Waals surface area contributed by atoms with Crippen molar-refractivity contribution >= 4 is 48.3 Å². The Morgan fingerprint density at radius 1 is 1.21 bits per heavy atom. The maximum absolute atomic E-state index is 12.0. The molecule has 0 saturated heterocycles. The van der Waals surface area contributed by atoms with E-state index < -0.39 is 32.8 Å². The van der Waals surface area contributed by atoms with E-state index in [4.69, 9.17) is 14.2 Å². The van der Waals surface area contributed by atoms with Gasteiger partial charge in [-0.2, -0.15) is 0 Å². The van der Waals surface area contributed by atoms with Crippen LogP contribution in [0.1, 0.15) is 45.0 Å². The summed E-state index contributed by atoms with van der Waals surface area (Å²) >= 11 is -1.05. The fourth-order valence-corrected chi connectivity index (χ4v) is 5.98. The van der Waals surface area contributed by atoms with E-state index in [0.717, 1.165) is 9.27 Å². The molecule has 1 aliphatic heterocycles. The van der Waals surface area contributed by atoms with E-state index in [2.05, 4.69) is 20.6 Å². The van der Waals surface area contributed by atoms with Crippen LogP contribution in [0.3, 0.4) is 0 Å². The molecule has 2 N–H and O–H groups in total. The fourth-order valence-electron chi connectivity index (χ4n) is 3.12. The van der Waals surface area contributed by atoms with Crippen molar-refractivity contribution in [3.63, 3.8) is 0 Å². The van der Waals surface area contributed by atoms with E-state index >= 15 is 0 Å². The number of methoxy groups -OCH3 is 1. The van der Waals surface area contributed by atoms with Crippen molar-refractivity contribution in [3.8, 4) is 5.75 Å². The Morgan fingerprint density at radius 3 is 2.70 bits per heavy atom. The van der Waals surface area contributed by atoms with E-state index in [-0.39, 0.29) is 12.0 Å². The maximum atomic E-state index is 12.0. The van der Waals surface area contributed by atoms with Crippen LogP contribution in [0.5, 0.6) is 5.75 Å². The Morgan fingerprint density at radius 2 is 1.97 bits per heavy atom. The molecule has 2 aromatic rings. The normalized spacial score (nSPS) is 13.4. The Hall–Kier alpha value is -2.82. The monoisotopic (exact) mass is 560 g/mol. The number of amides is 1. The molecule has 0 spiro atoms. The first-order valence-corrected chi connectivity index (χ1v) is 13.6. The standard InChI is InChI=1S/C23H28N4O5.Sn/c1-15(21(28)30-6)18-13-24-14-20(27-18)26-16(2)17-9-7-8-10-19(17)31-12-11-25-22(29)32-23(3,4)5;/h1,7-10,14,16H,11-12H2,2-6H3,(H,25,29)(H,26,27);. The summed E-state index contributed by atoms with van der Waals surface area (Å²) in [5.41, 5.74) is 1.50. The van der Waals surface area contributed by atoms with Gasteiger partial charge in [0.1, 0.15) is 5.60 Å². The Labute approximate surface area is 203 Å². The van der Waals surface area contributed by atoms with Crippen molar-refractivity contribution in [2.45, 2.75) is 39.3 Å². The molecule has 3 rings (SSSR count). The second-order valence-electron chi connectivity index (χ2n) is 8.33. The molecule has 2 heterocycles. The molecular formula is C23H28N4O5Sn. The number of fused-ring (bicyclic) bond motifs is 1. The summed E-state index contributed by atoms with van der Waals surface area (Å²) in [5.74, 6) is 0.883. The van der Waals surface area contributed by atoms with Crippen LogP contribution in [0, 0.1) is 0 Å². The number of rotatable bonds is 8. The molecule has 0 saturated carbocycles. The van der Waals surface area contributed by atoms with Gasteiger partial charge < -0.3 is 4.74 Å². The van der Waals surface area contributed by atoms with Crippen molar-refractivity contribution in [1.82, 2.24) is 15.3 Å². The third-order valence-corrected chi connectivity index (χ3v) is 7.62. The predicted molar refractivity (Wildman–Crippen MR) is 126 cm³/mol. The van der Waals surface area contributed by atoms with E-state index in [9.17, 15) is 9.59 Å². The average molecular weight is 559 g/mol. The molecule has 1 aromatic carbocycles. The van der Waals surface area contributed by atoms with Crippen LogP contribution >= 0.6 is 0 Å². The number of benzene rings is 1. The molecule has 0 fully saturated rings. The van der Waals surface area contributed by atoms with Crippen LogP contribution in [-0.2, 0) is 14.3 Å². The molecule has 1 aromatic heterocycles. The molecule has 1 amide bonds. The van der Waals surface area contributed by atoms with Crippen LogP contribution < -0.4 is 19.1 Å². The molecule has 9 nitrogen and oxygen atoms in total. The van der Waals surface area contributed by atoms with Gasteiger partial charge in [-0.1, -0.05) is 0 Å². The molecular weight excluding hydrogens is 531 g/mol. The third kappa shape index (κ3) is 6.83. The van der Waals surface area contributed by atoms with Gasteiger partial charge in [-0.25, -0.2) is 4.79 Å². The first-order chi connectivity index (χ1) is 15.7. The molecule has 1 atom stereocenters. The predicted octanol–water partition coefficient (Wildman–Crippen LogP) is 2.41. The van der Waals surface area contributed by atoms with Gasteiger partial charge in [0.2, 0.25) is 0 Å². The molecule has 2 radical (unpaired) electrons. The second-order valence-corrected chi connectivity index (χ2v) is 11.3. The zero-order valence-corrected chi connectivity index (χ0v) is 22.2. The Bertz CT molecular complexity index is 1050. The molecule has 33 heavy (non-hydrogen) atoms. The van der Waals surface area contributed by atoms with Gasteiger partial charge in [0.25, 0.3) is 0 Å². The Kier molecular flexibility index (Phi) is 8.17. The number of para-hydroxylation sites is 1. The number of carbonyl (C=O) groups excluding carboxylic acids is 2. The number of nitrogens with zero attached hydrogens (tertiary/aromatic N) is 2. The van der Waals surface area contributed by atoms with Crippen molar-refractivity contribution in [1.29, 1.82) is 0 Å². The first kappa shape index (κ1) is 24.8. The summed E-state index contributed by atoms with van der Waals surface area (Å²) in [4.78, 5) is 32.9. The van der Waals surface area contributed by atoms with Gasteiger partial charge in [-0.05, 0) is 20.8 Å². The Balaban J connectivity index is 1.62. The third-order valence-electron chi connectivity index (χ3n) is 4.56. The number of carbonyl (C=O) groups is 2. The van der Waals surface area contributed by atoms with Gasteiger partial charge in [-0.3, -0.25) is 0 Å². The number of esters is 1. The molecule has 1 aliphatic rings. The quantitative estimate of drug-likeness (QED) is 0.289. The summed E-state index contributed by atoms with van der Waals surface area (Å²) in [6, 6.07) is 7.52. The van der Waals surface area contributed by atoms with Crippen LogP contribution in [0.25, 0.3) is 5.57 Å². The fraction of sp³-hybridized carbons (Fsp3) is 0.391. The topological polar surface area (TPSA) is 112 Å². The summed E-state index contributed by atoms with van der Waals surface area (Å²) in [5, 5.41) is 6.02. The summed E-state index contributed by atoms with van der Waals surface area (Å²) < 4.78 is 18.8. The van der Waals surface area contributed by atoms with Gasteiger partial charge in [0.15, 0.2) is 0 Å². The number of alkyl carbamates (subject to hydrolysis) is 1. The average Bonchev–Trinajstić information content (AvgIpc) is 3.18. The number of anilines is 1. The van der Waals surface area contributed by atoms with Crippen LogP contribution in [-0.4, -0.2) is 69.0 Å². The number of aromatic nitrogens is 2. The van der Waals surface area contributed by atoms with Crippen molar-refractivity contribution in [3.05, 3.63) is 45.8 Å². The first-order valence-electron chi connectivity index (χ1n) is 10.6. The second kappa shape index (κ2) is 10.9. The number of hydrogen-bond donors (Lipinski definition) is 2. The van der Waals surface area contributed by atoms with Crippen molar-refractivity contribution < 1.29 is 23.8 Å². The van der Waals surface area contributed by atoms with Gasteiger partial charge >= 0.3 is 168 Å². The van der Waals surface area contributed by atoms with Crippen LogP contribution in [0.2, 0.25) is 0 Å². The van der Waals surface area contributed by atoms with Gasteiger partial charge in [-0.15, -0.1) is 0 Å². The van der Waals surface area contributed by atoms with E-state index in [1.165, 1.54) is 7.11 Å². The summed E-state index contributed by atoms with van der Waals surface area (Å²) in [6.45, 7) is 8.04. The van der Waals surface area contributed by atoms with Crippen molar-refractivity contribution in [2.75, 3.05) is 25.6 Å². The van der Waals surface area contributed by atoms with E-state index in [0.29, 0.717) is 36.0 Å². The number of ether oxygens (including phenoxy) is 3. The van der Waals surface area contributed by atoms with Crippen LogP contribution in [0.4, 0.5) is 10.6 Å². The van der Waals surface area contributed by atoms with Gasteiger partial charge in [0.05, 0.1) is 0 Å². The zero-order chi connectivity index (χ0) is 24.0.